The van der Waals surface area contributed by atoms with Crippen LogP contribution in [0.5, 0.6) is 0 Å². The molecular formula is C21H33N9O10S. The molecule has 1 heterocycles. The Morgan fingerprint density at radius 2 is 1.44 bits per heavy atom. The Labute approximate surface area is 237 Å². The number of hydrogen-bond acceptors (Lipinski definition) is 10. The van der Waals surface area contributed by atoms with Crippen molar-refractivity contribution in [2.75, 3.05) is 24.6 Å². The van der Waals surface area contributed by atoms with Gasteiger partial charge in [0.15, 0.2) is 5.96 Å². The minimum Gasteiger partial charge on any atom is -0.481 e. The molecule has 0 aromatic rings. The summed E-state index contributed by atoms with van der Waals surface area (Å²) in [4.78, 5) is 101. The monoisotopic (exact) mass is 603 g/mol. The highest BCUT2D eigenvalue weighted by atomic mass is 32.2. The molecule has 0 spiro atoms. The van der Waals surface area contributed by atoms with Gasteiger partial charge in [0, 0.05) is 12.3 Å². The number of nitrogens with one attached hydrogen (secondary N) is 5. The molecule has 0 saturated carbocycles. The number of nitrogens with zero attached hydrogens (tertiary/aromatic N) is 1. The van der Waals surface area contributed by atoms with E-state index in [4.69, 9.17) is 22.3 Å². The Morgan fingerprint density at radius 3 is 2.02 bits per heavy atom. The zero-order chi connectivity index (χ0) is 31.1. The second-order valence-electron chi connectivity index (χ2n) is 8.65. The fraction of sp³-hybridized carbons (Fsp3) is 0.571. The van der Waals surface area contributed by atoms with E-state index in [2.05, 4.69) is 31.6 Å². The van der Waals surface area contributed by atoms with Crippen molar-refractivity contribution in [2.24, 2.45) is 22.2 Å². The van der Waals surface area contributed by atoms with Gasteiger partial charge in [0.05, 0.1) is 25.1 Å². The van der Waals surface area contributed by atoms with E-state index in [-0.39, 0.29) is 31.1 Å². The highest BCUT2D eigenvalue weighted by molar-refractivity contribution is 8.00. The van der Waals surface area contributed by atoms with E-state index in [1.807, 2.05) is 0 Å². The summed E-state index contributed by atoms with van der Waals surface area (Å²) in [5.41, 5.74) is 15.7. The topological polar surface area (TPSA) is 328 Å². The van der Waals surface area contributed by atoms with Gasteiger partial charge in [-0.2, -0.15) is 0 Å². The first-order valence-electron chi connectivity index (χ1n) is 12.0. The van der Waals surface area contributed by atoms with Crippen molar-refractivity contribution in [1.82, 2.24) is 26.6 Å². The molecule has 19 nitrogen and oxygen atoms in total. The lowest BCUT2D eigenvalue weighted by molar-refractivity contribution is -0.143. The van der Waals surface area contributed by atoms with Gasteiger partial charge in [0.1, 0.15) is 24.2 Å². The van der Waals surface area contributed by atoms with Gasteiger partial charge in [-0.05, 0) is 12.8 Å². The molecule has 1 saturated heterocycles. The van der Waals surface area contributed by atoms with E-state index < -0.39 is 96.7 Å². The maximum Gasteiger partial charge on any atom is 0.327 e. The summed E-state index contributed by atoms with van der Waals surface area (Å²) in [6.45, 7) is -0.688. The van der Waals surface area contributed by atoms with E-state index in [0.717, 1.165) is 11.8 Å². The Hall–Kier alpha value is -4.62. The van der Waals surface area contributed by atoms with E-state index in [9.17, 15) is 43.5 Å². The van der Waals surface area contributed by atoms with Crippen molar-refractivity contribution in [3.8, 4) is 0 Å². The molecular weight excluding hydrogens is 570 g/mol. The molecule has 0 bridgehead atoms. The van der Waals surface area contributed by atoms with Gasteiger partial charge in [-0.25, -0.2) is 4.79 Å². The number of carbonyl (C=O) groups excluding carboxylic acids is 6. The number of primary amides is 1. The zero-order valence-corrected chi connectivity index (χ0v) is 22.5. The van der Waals surface area contributed by atoms with Crippen molar-refractivity contribution in [2.45, 2.75) is 49.9 Å². The largest absolute Gasteiger partial charge is 0.481 e. The predicted molar refractivity (Wildman–Crippen MR) is 142 cm³/mol. The van der Waals surface area contributed by atoms with Crippen LogP contribution in [0.3, 0.4) is 0 Å². The van der Waals surface area contributed by atoms with Crippen LogP contribution in [0, 0.1) is 0 Å². The Morgan fingerprint density at radius 1 is 0.829 bits per heavy atom. The number of aliphatic carboxylic acids is 2. The van der Waals surface area contributed by atoms with Gasteiger partial charge < -0.3 is 54.0 Å². The molecule has 1 fully saturated rings. The molecule has 0 unspecified atom stereocenters. The first kappa shape index (κ1) is 34.4. The number of carboxylic acids is 2. The Balaban J connectivity index is 3.27. The van der Waals surface area contributed by atoms with Crippen molar-refractivity contribution in [3.05, 3.63) is 0 Å². The van der Waals surface area contributed by atoms with Crippen LogP contribution in [-0.2, 0) is 38.4 Å². The molecule has 4 atom stereocenters. The van der Waals surface area contributed by atoms with Gasteiger partial charge in [0.25, 0.3) is 0 Å². The molecule has 13 N–H and O–H groups in total. The van der Waals surface area contributed by atoms with Crippen molar-refractivity contribution in [3.63, 3.8) is 0 Å². The second-order valence-corrected chi connectivity index (χ2v) is 9.68. The second kappa shape index (κ2) is 17.2. The number of guanidine groups is 1. The van der Waals surface area contributed by atoms with E-state index in [0.29, 0.717) is 0 Å². The zero-order valence-electron chi connectivity index (χ0n) is 21.7. The number of carbonyl (C=O) groups is 8. The van der Waals surface area contributed by atoms with E-state index in [1.165, 1.54) is 0 Å². The average Bonchev–Trinajstić information content (AvgIpc) is 2.86. The quantitative estimate of drug-likeness (QED) is 0.0668. The smallest absolute Gasteiger partial charge is 0.327 e. The number of aliphatic imine (C=N–C) groups is 1. The van der Waals surface area contributed by atoms with Gasteiger partial charge in [-0.3, -0.25) is 38.6 Å². The van der Waals surface area contributed by atoms with Crippen LogP contribution in [0.1, 0.15) is 25.7 Å². The number of rotatable bonds is 9. The summed E-state index contributed by atoms with van der Waals surface area (Å²) < 4.78 is 0. The lowest BCUT2D eigenvalue weighted by Gasteiger charge is -2.24. The summed E-state index contributed by atoms with van der Waals surface area (Å²) in [5, 5.41) is 29.6. The summed E-state index contributed by atoms with van der Waals surface area (Å²) in [6.07, 6.45) is -1.41. The molecule has 228 valence electrons. The third kappa shape index (κ3) is 13.8. The maximum atomic E-state index is 12.9. The van der Waals surface area contributed by atoms with Crippen LogP contribution >= 0.6 is 11.8 Å². The van der Waals surface area contributed by atoms with Gasteiger partial charge in [-0.15, -0.1) is 11.8 Å². The molecule has 0 aromatic carbocycles. The molecule has 1 aliphatic heterocycles. The summed E-state index contributed by atoms with van der Waals surface area (Å²) in [7, 11) is 0. The minimum atomic E-state index is -1.70. The van der Waals surface area contributed by atoms with Crippen molar-refractivity contribution in [1.29, 1.82) is 0 Å². The highest BCUT2D eigenvalue weighted by Gasteiger charge is 2.31. The Bertz CT molecular complexity index is 1070. The predicted octanol–water partition coefficient (Wildman–Crippen LogP) is -5.72. The third-order valence-electron chi connectivity index (χ3n) is 5.22. The van der Waals surface area contributed by atoms with Crippen LogP contribution < -0.4 is 43.8 Å². The summed E-state index contributed by atoms with van der Waals surface area (Å²) >= 11 is 0.742. The first-order valence-corrected chi connectivity index (χ1v) is 13.2. The van der Waals surface area contributed by atoms with Crippen LogP contribution in [-0.4, -0.2) is 112 Å². The fourth-order valence-electron chi connectivity index (χ4n) is 3.33. The summed E-state index contributed by atoms with van der Waals surface area (Å²) in [6, 6.07) is -6.09. The number of thioether (sulfide) groups is 1. The van der Waals surface area contributed by atoms with Crippen LogP contribution in [0.15, 0.2) is 4.99 Å². The molecule has 6 amide bonds. The minimum absolute atomic E-state index is 0.0519. The average molecular weight is 604 g/mol. The lowest BCUT2D eigenvalue weighted by atomic mass is 10.1. The van der Waals surface area contributed by atoms with Gasteiger partial charge in [-0.1, -0.05) is 0 Å². The van der Waals surface area contributed by atoms with Crippen molar-refractivity contribution < 1.29 is 48.6 Å². The van der Waals surface area contributed by atoms with Crippen LogP contribution in [0.2, 0.25) is 0 Å². The molecule has 0 aliphatic carbocycles. The molecule has 1 aliphatic rings. The molecule has 41 heavy (non-hydrogen) atoms. The van der Waals surface area contributed by atoms with Crippen molar-refractivity contribution >= 4 is 65.1 Å². The third-order valence-corrected chi connectivity index (χ3v) is 6.26. The number of amides is 6. The number of carboxylic acid groups (broad SMARTS) is 2. The number of nitrogens with two attached hydrogens (primary N) is 3. The molecule has 1 rings (SSSR count). The SMILES string of the molecule is NC(=O)C[C@@H]1NC(=O)CSC[C@@H](C(=O)O)NC(=O)[C@H](CC(=O)O)NC(=O)CNC(=O)[C@H](CCCN=C(N)N)NC1=O. The maximum absolute atomic E-state index is 12.9. The Kier molecular flexibility index (Phi) is 14.4. The van der Waals surface area contributed by atoms with Crippen LogP contribution in [0.4, 0.5) is 0 Å². The molecule has 0 aromatic heterocycles. The normalized spacial score (nSPS) is 23.3. The lowest BCUT2D eigenvalue weighted by Crippen LogP contribution is -2.57. The summed E-state index contributed by atoms with van der Waals surface area (Å²) in [5.74, 6) is -9.68. The van der Waals surface area contributed by atoms with Crippen LogP contribution in [0.25, 0.3) is 0 Å². The fourth-order valence-corrected chi connectivity index (χ4v) is 4.18. The van der Waals surface area contributed by atoms with Gasteiger partial charge >= 0.3 is 11.9 Å². The first-order chi connectivity index (χ1) is 19.2. The van der Waals surface area contributed by atoms with E-state index in [1.54, 1.807) is 0 Å². The highest BCUT2D eigenvalue weighted by Crippen LogP contribution is 2.07. The molecule has 0 radical (unpaired) electrons. The number of hydrogen-bond donors (Lipinski definition) is 10. The van der Waals surface area contributed by atoms with Gasteiger partial charge in [0.2, 0.25) is 35.4 Å². The molecule has 20 heteroatoms. The van der Waals surface area contributed by atoms with E-state index >= 15 is 0 Å². The standard InChI is InChI=1S/C21H33N9O10S/c22-13(31)4-10-18(37)29-9(2-1-3-25-21(23)24)17(36)26-6-14(32)27-11(5-16(34)35)19(38)30-12(20(39)40)7-41-8-15(33)28-10/h9-12H,1-8H2,(H2,22,31)(H,26,36)(H,27,32)(H,28,33)(H,29,37)(H,30,38)(H,34,35)(H,39,40)(H4,23,24,25)/t9-,10-,11-,12-/m0/s1.